The molecule has 1 aromatic heterocycles. The maximum absolute atomic E-state index is 12.3. The van der Waals surface area contributed by atoms with E-state index in [0.29, 0.717) is 36.1 Å². The van der Waals surface area contributed by atoms with Crippen LogP contribution in [0.2, 0.25) is 10.2 Å². The number of piperazine rings is 1. The summed E-state index contributed by atoms with van der Waals surface area (Å²) >= 11 is 12.8. The fraction of sp³-hybridized carbons (Fsp3) is 0.621. The molecule has 0 aliphatic carbocycles. The second-order valence-corrected chi connectivity index (χ2v) is 11.6. The van der Waals surface area contributed by atoms with Gasteiger partial charge in [-0.05, 0) is 44.5 Å². The molecule has 2 aliphatic heterocycles. The minimum absolute atomic E-state index is 0.0274. The fourth-order valence-electron chi connectivity index (χ4n) is 5.85. The number of rotatable bonds is 13. The third-order valence-electron chi connectivity index (χ3n) is 7.92. The number of nitrogens with one attached hydrogen (secondary N) is 1. The van der Waals surface area contributed by atoms with Gasteiger partial charge in [0.25, 0.3) is 5.91 Å². The Morgan fingerprint density at radius 1 is 1.17 bits per heavy atom. The van der Waals surface area contributed by atoms with Crippen LogP contribution in [0.15, 0.2) is 18.2 Å². The number of hydrogen-bond donors (Lipinski definition) is 3. The van der Waals surface area contributed by atoms with Crippen molar-refractivity contribution in [1.29, 1.82) is 0 Å². The molecular weight excluding hydrogens is 581 g/mol. The highest BCUT2D eigenvalue weighted by molar-refractivity contribution is 6.32. The van der Waals surface area contributed by atoms with Crippen molar-refractivity contribution in [2.75, 3.05) is 76.8 Å². The van der Waals surface area contributed by atoms with Gasteiger partial charge in [-0.2, -0.15) is 0 Å². The molecular formula is C29H43Cl2N7O4. The van der Waals surface area contributed by atoms with Crippen molar-refractivity contribution in [3.8, 4) is 5.75 Å². The smallest absolute Gasteiger partial charge is 0.273 e. The molecule has 11 nitrogen and oxygen atoms in total. The van der Waals surface area contributed by atoms with Crippen molar-refractivity contribution in [2.24, 2.45) is 0 Å². The third kappa shape index (κ3) is 8.36. The molecule has 13 heteroatoms. The zero-order chi connectivity index (χ0) is 30.1. The van der Waals surface area contributed by atoms with Gasteiger partial charge in [0.1, 0.15) is 12.4 Å². The van der Waals surface area contributed by atoms with Crippen molar-refractivity contribution >= 4 is 40.7 Å². The van der Waals surface area contributed by atoms with Gasteiger partial charge in [-0.3, -0.25) is 14.6 Å². The number of aliphatic hydroxyl groups excluding tert-OH is 1. The van der Waals surface area contributed by atoms with Gasteiger partial charge < -0.3 is 30.5 Å². The van der Waals surface area contributed by atoms with Crippen molar-refractivity contribution in [3.63, 3.8) is 0 Å². The molecule has 1 atom stereocenters. The Balaban J connectivity index is 1.36. The lowest BCUT2D eigenvalue weighted by Gasteiger charge is -2.48. The van der Waals surface area contributed by atoms with Crippen LogP contribution in [0.1, 0.15) is 48.7 Å². The number of anilines is 2. The molecule has 0 bridgehead atoms. The first-order valence-electron chi connectivity index (χ1n) is 14.7. The van der Waals surface area contributed by atoms with Crippen LogP contribution in [0.25, 0.3) is 0 Å². The third-order valence-corrected chi connectivity index (χ3v) is 8.41. The number of aromatic nitrogens is 2. The summed E-state index contributed by atoms with van der Waals surface area (Å²) in [7, 11) is 1.66. The molecule has 1 aromatic carbocycles. The normalized spacial score (nSPS) is 18.8. The van der Waals surface area contributed by atoms with E-state index in [0.717, 1.165) is 76.3 Å². The maximum atomic E-state index is 12.3. The predicted octanol–water partition coefficient (Wildman–Crippen LogP) is 3.07. The van der Waals surface area contributed by atoms with E-state index in [1.54, 1.807) is 7.11 Å². The van der Waals surface area contributed by atoms with Crippen LogP contribution in [-0.2, 0) is 11.3 Å². The minimum atomic E-state index is -0.506. The van der Waals surface area contributed by atoms with Gasteiger partial charge in [-0.15, -0.1) is 0 Å². The molecule has 3 heterocycles. The van der Waals surface area contributed by atoms with Crippen LogP contribution in [0, 0.1) is 0 Å². The maximum Gasteiger partial charge on any atom is 0.273 e. The van der Waals surface area contributed by atoms with Gasteiger partial charge in [-0.25, -0.2) is 9.97 Å². The Kier molecular flexibility index (Phi) is 12.3. The largest absolute Gasteiger partial charge is 0.491 e. The van der Waals surface area contributed by atoms with Gasteiger partial charge in [0.15, 0.2) is 22.5 Å². The average Bonchev–Trinajstić information content (AvgIpc) is 2.99. The number of aliphatic hydroxyl groups is 1. The van der Waals surface area contributed by atoms with Crippen molar-refractivity contribution in [3.05, 3.63) is 39.6 Å². The van der Waals surface area contributed by atoms with E-state index in [2.05, 4.69) is 43.0 Å². The van der Waals surface area contributed by atoms with Crippen molar-refractivity contribution < 1.29 is 19.4 Å². The summed E-state index contributed by atoms with van der Waals surface area (Å²) in [6.45, 7) is 8.41. The number of hydrogen-bond acceptors (Lipinski definition) is 10. The van der Waals surface area contributed by atoms with E-state index in [4.69, 9.17) is 43.5 Å². The summed E-state index contributed by atoms with van der Waals surface area (Å²) in [4.78, 5) is 28.4. The second-order valence-electron chi connectivity index (χ2n) is 10.8. The molecule has 1 amide bonds. The molecule has 232 valence electrons. The Morgan fingerprint density at radius 2 is 1.95 bits per heavy atom. The number of likely N-dealkylation sites (tertiary alicyclic amines) is 1. The molecule has 0 spiro atoms. The molecule has 0 saturated carbocycles. The van der Waals surface area contributed by atoms with Gasteiger partial charge >= 0.3 is 0 Å². The Morgan fingerprint density at radius 3 is 2.67 bits per heavy atom. The summed E-state index contributed by atoms with van der Waals surface area (Å²) in [5, 5.41) is 12.3. The number of halogens is 2. The van der Waals surface area contributed by atoms with Crippen molar-refractivity contribution in [1.82, 2.24) is 25.1 Å². The molecule has 4 rings (SSSR count). The van der Waals surface area contributed by atoms with Gasteiger partial charge in [-0.1, -0.05) is 42.6 Å². The first-order valence-corrected chi connectivity index (χ1v) is 15.4. The molecule has 42 heavy (non-hydrogen) atoms. The molecule has 2 aliphatic rings. The summed E-state index contributed by atoms with van der Waals surface area (Å²) < 4.78 is 11.1. The average molecular weight is 625 g/mol. The number of amides is 1. The Bertz CT molecular complexity index is 1180. The van der Waals surface area contributed by atoms with Gasteiger partial charge in [0, 0.05) is 62.5 Å². The summed E-state index contributed by atoms with van der Waals surface area (Å²) in [6.07, 6.45) is 4.32. The lowest BCUT2D eigenvalue weighted by Crippen LogP contribution is -2.58. The number of nitrogens with two attached hydrogens (primary N) is 1. The number of nitrogens with zero attached hydrogens (tertiary/aromatic N) is 5. The van der Waals surface area contributed by atoms with E-state index in [1.165, 1.54) is 0 Å². The highest BCUT2D eigenvalue weighted by Gasteiger charge is 2.35. The summed E-state index contributed by atoms with van der Waals surface area (Å²) in [5.41, 5.74) is 7.22. The quantitative estimate of drug-likeness (QED) is 0.286. The lowest BCUT2D eigenvalue weighted by molar-refractivity contribution is 0.0586. The number of carbonyl (C=O) groups excluding carboxylic acids is 1. The van der Waals surface area contributed by atoms with E-state index >= 15 is 0 Å². The number of ether oxygens (including phenoxy) is 2. The molecule has 2 saturated heterocycles. The van der Waals surface area contributed by atoms with Gasteiger partial charge in [0.05, 0.1) is 13.2 Å². The predicted molar refractivity (Wildman–Crippen MR) is 166 cm³/mol. The second kappa shape index (κ2) is 15.9. The number of piperidine rings is 1. The number of nitrogen functional groups attached to an aromatic ring is 1. The fourth-order valence-corrected chi connectivity index (χ4v) is 6.26. The first-order chi connectivity index (χ1) is 20.3. The van der Waals surface area contributed by atoms with E-state index < -0.39 is 5.91 Å². The molecule has 4 N–H and O–H groups in total. The molecule has 2 fully saturated rings. The molecule has 2 aromatic rings. The van der Waals surface area contributed by atoms with Crippen LogP contribution >= 0.6 is 23.2 Å². The number of methoxy groups -OCH3 is 1. The number of carbonyl (C=O) groups is 1. The van der Waals surface area contributed by atoms with Crippen LogP contribution < -0.4 is 20.7 Å². The minimum Gasteiger partial charge on any atom is -0.491 e. The van der Waals surface area contributed by atoms with Crippen LogP contribution in [-0.4, -0.2) is 109 Å². The monoisotopic (exact) mass is 623 g/mol. The number of benzene rings is 1. The van der Waals surface area contributed by atoms with Crippen molar-refractivity contribution in [2.45, 2.75) is 51.2 Å². The Hall–Kier alpha value is -2.41. The lowest BCUT2D eigenvalue weighted by atomic mass is 9.97. The topological polar surface area (TPSA) is 129 Å². The zero-order valence-electron chi connectivity index (χ0n) is 24.5. The van der Waals surface area contributed by atoms with E-state index in [9.17, 15) is 4.79 Å². The summed E-state index contributed by atoms with van der Waals surface area (Å²) in [6, 6.07) is 6.72. The van der Waals surface area contributed by atoms with Crippen LogP contribution in [0.5, 0.6) is 5.75 Å². The SMILES string of the molecule is CCC[C@H]1CN(c2nc(N)c(C(=O)NCCO)nc2Cl)CCN1C1CCN(Cc2ccc(Cl)cc2OCCOC)CC1. The summed E-state index contributed by atoms with van der Waals surface area (Å²) in [5.74, 6) is 0.852. The molecule has 0 radical (unpaired) electrons. The van der Waals surface area contributed by atoms with Crippen LogP contribution in [0.3, 0.4) is 0 Å². The van der Waals surface area contributed by atoms with Crippen LogP contribution in [0.4, 0.5) is 11.6 Å². The standard InChI is InChI=1S/C29H43Cl2N7O4/c1-3-4-23-19-37(28-26(31)34-25(27(32)35-28)29(40)33-9-14-39)12-13-38(23)22-7-10-36(11-8-22)18-20-5-6-21(30)17-24(20)42-16-15-41-2/h5-6,17,22-23,39H,3-4,7-16,18-19H2,1-2H3,(H2,32,35)(H,33,40)/t23-/m0/s1. The Labute approximate surface area is 258 Å². The molecule has 0 unspecified atom stereocenters. The van der Waals surface area contributed by atoms with E-state index in [-0.39, 0.29) is 29.8 Å². The van der Waals surface area contributed by atoms with E-state index in [1.807, 2.05) is 12.1 Å². The van der Waals surface area contributed by atoms with Gasteiger partial charge in [0.2, 0.25) is 0 Å². The zero-order valence-corrected chi connectivity index (χ0v) is 26.0. The highest BCUT2D eigenvalue weighted by Crippen LogP contribution is 2.31. The first kappa shape index (κ1) is 32.5. The highest BCUT2D eigenvalue weighted by atomic mass is 35.5.